The standard InChI is InChI=1S/C6H10N2O/c1-8-3-5(2-7)6(9)4-8/h5-6,9H,3-4H2,1H3. The van der Waals surface area contributed by atoms with Crippen molar-refractivity contribution in [2.75, 3.05) is 20.1 Å². The molecular weight excluding hydrogens is 116 g/mol. The van der Waals surface area contributed by atoms with E-state index in [-0.39, 0.29) is 5.92 Å². The van der Waals surface area contributed by atoms with Crippen LogP contribution in [0.2, 0.25) is 0 Å². The Balaban J connectivity index is 2.50. The fourth-order valence-electron chi connectivity index (χ4n) is 1.11. The van der Waals surface area contributed by atoms with Crippen LogP contribution in [0.4, 0.5) is 0 Å². The molecule has 0 aromatic rings. The summed E-state index contributed by atoms with van der Waals surface area (Å²) in [7, 11) is 1.90. The molecule has 1 aliphatic rings. The van der Waals surface area contributed by atoms with Crippen molar-refractivity contribution in [3.05, 3.63) is 0 Å². The van der Waals surface area contributed by atoms with Crippen molar-refractivity contribution in [2.24, 2.45) is 5.92 Å². The average molecular weight is 126 g/mol. The lowest BCUT2D eigenvalue weighted by Crippen LogP contribution is -2.16. The molecule has 3 nitrogen and oxygen atoms in total. The number of aliphatic hydroxyl groups excluding tert-OH is 1. The summed E-state index contributed by atoms with van der Waals surface area (Å²) in [6.07, 6.45) is -0.431. The molecule has 50 valence electrons. The van der Waals surface area contributed by atoms with Crippen LogP contribution in [-0.2, 0) is 0 Å². The number of likely N-dealkylation sites (tertiary alicyclic amines) is 1. The molecule has 0 bridgehead atoms. The number of aliphatic hydroxyl groups is 1. The van der Waals surface area contributed by atoms with Crippen molar-refractivity contribution in [1.29, 1.82) is 5.26 Å². The summed E-state index contributed by atoms with van der Waals surface area (Å²) in [5.74, 6) is -0.171. The summed E-state index contributed by atoms with van der Waals surface area (Å²) in [5.41, 5.74) is 0. The third-order valence-corrected chi connectivity index (χ3v) is 1.64. The molecule has 0 aliphatic carbocycles. The summed E-state index contributed by atoms with van der Waals surface area (Å²) in [6, 6.07) is 2.05. The number of rotatable bonds is 0. The minimum atomic E-state index is -0.431. The minimum absolute atomic E-state index is 0.171. The Morgan fingerprint density at radius 2 is 2.33 bits per heavy atom. The highest BCUT2D eigenvalue weighted by Gasteiger charge is 2.28. The van der Waals surface area contributed by atoms with Crippen LogP contribution in [0.15, 0.2) is 0 Å². The molecule has 2 unspecified atom stereocenters. The summed E-state index contributed by atoms with van der Waals surface area (Å²) >= 11 is 0. The van der Waals surface area contributed by atoms with Gasteiger partial charge in [0, 0.05) is 13.1 Å². The highest BCUT2D eigenvalue weighted by Crippen LogP contribution is 2.13. The summed E-state index contributed by atoms with van der Waals surface area (Å²) in [4.78, 5) is 1.96. The maximum Gasteiger partial charge on any atom is 0.0861 e. The molecule has 1 aliphatic heterocycles. The van der Waals surface area contributed by atoms with Gasteiger partial charge >= 0.3 is 0 Å². The van der Waals surface area contributed by atoms with Gasteiger partial charge in [0.15, 0.2) is 0 Å². The zero-order valence-corrected chi connectivity index (χ0v) is 5.41. The fraction of sp³-hybridized carbons (Fsp3) is 0.833. The van der Waals surface area contributed by atoms with Gasteiger partial charge in [-0.15, -0.1) is 0 Å². The van der Waals surface area contributed by atoms with E-state index in [4.69, 9.17) is 10.4 Å². The Labute approximate surface area is 54.5 Å². The van der Waals surface area contributed by atoms with Gasteiger partial charge in [0.05, 0.1) is 18.1 Å². The lowest BCUT2D eigenvalue weighted by molar-refractivity contribution is 0.162. The number of nitriles is 1. The second-order valence-corrected chi connectivity index (χ2v) is 2.52. The topological polar surface area (TPSA) is 47.3 Å². The molecule has 1 fully saturated rings. The maximum atomic E-state index is 9.10. The van der Waals surface area contributed by atoms with Crippen molar-refractivity contribution in [3.63, 3.8) is 0 Å². The summed E-state index contributed by atoms with van der Waals surface area (Å²) in [6.45, 7) is 1.34. The number of hydrogen-bond donors (Lipinski definition) is 1. The van der Waals surface area contributed by atoms with E-state index in [9.17, 15) is 0 Å². The molecule has 0 aromatic carbocycles. The Morgan fingerprint density at radius 1 is 1.67 bits per heavy atom. The van der Waals surface area contributed by atoms with Crippen molar-refractivity contribution >= 4 is 0 Å². The molecule has 0 aromatic heterocycles. The first kappa shape index (κ1) is 6.53. The molecule has 2 atom stereocenters. The Hall–Kier alpha value is -0.590. The van der Waals surface area contributed by atoms with Crippen LogP contribution < -0.4 is 0 Å². The van der Waals surface area contributed by atoms with Crippen LogP contribution in [-0.4, -0.2) is 36.2 Å². The van der Waals surface area contributed by atoms with Crippen molar-refractivity contribution in [3.8, 4) is 6.07 Å². The van der Waals surface area contributed by atoms with E-state index < -0.39 is 6.10 Å². The van der Waals surface area contributed by atoms with Crippen LogP contribution in [0, 0.1) is 17.2 Å². The Morgan fingerprint density at radius 3 is 2.56 bits per heavy atom. The average Bonchev–Trinajstić information content (AvgIpc) is 2.10. The highest BCUT2D eigenvalue weighted by molar-refractivity contribution is 4.95. The molecule has 0 spiro atoms. The molecular formula is C6H10N2O. The second-order valence-electron chi connectivity index (χ2n) is 2.52. The first-order valence-corrected chi connectivity index (χ1v) is 3.00. The van der Waals surface area contributed by atoms with Crippen LogP contribution in [0.1, 0.15) is 0 Å². The van der Waals surface area contributed by atoms with Crippen LogP contribution >= 0.6 is 0 Å². The molecule has 0 amide bonds. The van der Waals surface area contributed by atoms with Gasteiger partial charge in [0.25, 0.3) is 0 Å². The second kappa shape index (κ2) is 2.34. The van der Waals surface area contributed by atoms with Gasteiger partial charge in [0.1, 0.15) is 0 Å². The van der Waals surface area contributed by atoms with E-state index in [0.29, 0.717) is 13.1 Å². The van der Waals surface area contributed by atoms with E-state index in [1.165, 1.54) is 0 Å². The molecule has 1 heterocycles. The van der Waals surface area contributed by atoms with Gasteiger partial charge in [-0.25, -0.2) is 0 Å². The largest absolute Gasteiger partial charge is 0.390 e. The summed E-state index contributed by atoms with van der Waals surface area (Å²) < 4.78 is 0. The maximum absolute atomic E-state index is 9.10. The van der Waals surface area contributed by atoms with Gasteiger partial charge in [-0.05, 0) is 7.05 Å². The smallest absolute Gasteiger partial charge is 0.0861 e. The normalized spacial score (nSPS) is 36.6. The van der Waals surface area contributed by atoms with E-state index in [1.54, 1.807) is 0 Å². The molecule has 1 saturated heterocycles. The monoisotopic (exact) mass is 126 g/mol. The quantitative estimate of drug-likeness (QED) is 0.473. The third-order valence-electron chi connectivity index (χ3n) is 1.64. The third kappa shape index (κ3) is 1.21. The molecule has 0 radical (unpaired) electrons. The van der Waals surface area contributed by atoms with Gasteiger partial charge < -0.3 is 10.0 Å². The molecule has 1 N–H and O–H groups in total. The first-order chi connectivity index (χ1) is 4.24. The van der Waals surface area contributed by atoms with Crippen molar-refractivity contribution < 1.29 is 5.11 Å². The molecule has 1 rings (SSSR count). The number of hydrogen-bond acceptors (Lipinski definition) is 3. The Bertz CT molecular complexity index is 140. The first-order valence-electron chi connectivity index (χ1n) is 3.00. The number of β-amino-alcohol motifs (C(OH)–C–C–N with tert-alkyl or cyclic N) is 1. The lowest BCUT2D eigenvalue weighted by atomic mass is 10.1. The van der Waals surface area contributed by atoms with E-state index >= 15 is 0 Å². The van der Waals surface area contributed by atoms with E-state index in [1.807, 2.05) is 11.9 Å². The van der Waals surface area contributed by atoms with Crippen molar-refractivity contribution in [2.45, 2.75) is 6.10 Å². The summed E-state index contributed by atoms with van der Waals surface area (Å²) in [5, 5.41) is 17.5. The molecule has 3 heteroatoms. The van der Waals surface area contributed by atoms with Gasteiger partial charge in [-0.3, -0.25) is 0 Å². The fourth-order valence-corrected chi connectivity index (χ4v) is 1.11. The van der Waals surface area contributed by atoms with Crippen LogP contribution in [0.5, 0.6) is 0 Å². The number of likely N-dealkylation sites (N-methyl/N-ethyl adjacent to an activating group) is 1. The molecule has 9 heavy (non-hydrogen) atoms. The predicted molar refractivity (Wildman–Crippen MR) is 32.6 cm³/mol. The lowest BCUT2D eigenvalue weighted by Gasteiger charge is -2.02. The number of nitrogens with zero attached hydrogens (tertiary/aromatic N) is 2. The van der Waals surface area contributed by atoms with Crippen LogP contribution in [0.25, 0.3) is 0 Å². The highest BCUT2D eigenvalue weighted by atomic mass is 16.3. The zero-order valence-electron chi connectivity index (χ0n) is 5.41. The van der Waals surface area contributed by atoms with Crippen LogP contribution in [0.3, 0.4) is 0 Å². The van der Waals surface area contributed by atoms with Gasteiger partial charge in [-0.2, -0.15) is 5.26 Å². The zero-order chi connectivity index (χ0) is 6.85. The van der Waals surface area contributed by atoms with Gasteiger partial charge in [0.2, 0.25) is 0 Å². The SMILES string of the molecule is CN1CC(O)C(C#N)C1. The van der Waals surface area contributed by atoms with Crippen molar-refractivity contribution in [1.82, 2.24) is 4.90 Å². The van der Waals surface area contributed by atoms with E-state index in [0.717, 1.165) is 0 Å². The Kier molecular flexibility index (Phi) is 1.70. The van der Waals surface area contributed by atoms with E-state index in [2.05, 4.69) is 6.07 Å². The molecule has 0 saturated carbocycles. The minimum Gasteiger partial charge on any atom is -0.390 e. The van der Waals surface area contributed by atoms with Gasteiger partial charge in [-0.1, -0.05) is 0 Å². The predicted octanol–water partition coefficient (Wildman–Crippen LogP) is -0.568.